The number of carbonyl (C=O) groups is 1. The van der Waals surface area contributed by atoms with Crippen LogP contribution < -0.4 is 5.73 Å². The molecule has 0 fully saturated rings. The Hall–Kier alpha value is -0.930. The molecule has 1 atom stereocenters. The number of benzene rings is 1. The van der Waals surface area contributed by atoms with Crippen molar-refractivity contribution in [3.63, 3.8) is 0 Å². The molecule has 0 saturated heterocycles. The van der Waals surface area contributed by atoms with Gasteiger partial charge in [-0.1, -0.05) is 18.5 Å². The Morgan fingerprint density at radius 2 is 2.25 bits per heavy atom. The lowest BCUT2D eigenvalue weighted by Gasteiger charge is -2.08. The number of halogens is 2. The van der Waals surface area contributed by atoms with Crippen molar-refractivity contribution in [2.75, 3.05) is 6.54 Å². The Kier molecular flexibility index (Phi) is 4.90. The average Bonchev–Trinajstić information content (AvgIpc) is 2.28. The van der Waals surface area contributed by atoms with Gasteiger partial charge in [0.05, 0.1) is 5.02 Å². The highest BCUT2D eigenvalue weighted by atomic mass is 35.5. The zero-order valence-corrected chi connectivity index (χ0v) is 9.93. The van der Waals surface area contributed by atoms with Gasteiger partial charge in [-0.05, 0) is 37.1 Å². The second-order valence-corrected chi connectivity index (χ2v) is 4.33. The molecule has 0 radical (unpaired) electrons. The first-order valence-corrected chi connectivity index (χ1v) is 5.60. The number of nitrogens with two attached hydrogens (primary N) is 1. The second kappa shape index (κ2) is 5.97. The van der Waals surface area contributed by atoms with Gasteiger partial charge in [0.15, 0.2) is 5.78 Å². The van der Waals surface area contributed by atoms with E-state index in [1.165, 1.54) is 18.2 Å². The molecule has 0 aliphatic heterocycles. The fourth-order valence-corrected chi connectivity index (χ4v) is 1.56. The summed E-state index contributed by atoms with van der Waals surface area (Å²) in [7, 11) is 0. The van der Waals surface area contributed by atoms with Gasteiger partial charge in [0.25, 0.3) is 0 Å². The van der Waals surface area contributed by atoms with E-state index in [0.717, 1.165) is 0 Å². The van der Waals surface area contributed by atoms with Crippen molar-refractivity contribution in [2.45, 2.75) is 19.8 Å². The van der Waals surface area contributed by atoms with Crippen molar-refractivity contribution in [3.05, 3.63) is 34.6 Å². The van der Waals surface area contributed by atoms with Gasteiger partial charge in [0.2, 0.25) is 0 Å². The van der Waals surface area contributed by atoms with Gasteiger partial charge >= 0.3 is 0 Å². The van der Waals surface area contributed by atoms with Crippen molar-refractivity contribution in [2.24, 2.45) is 11.7 Å². The molecule has 1 aromatic rings. The predicted octanol–water partition coefficient (Wildman–Crippen LogP) is 3.04. The van der Waals surface area contributed by atoms with E-state index >= 15 is 0 Å². The highest BCUT2D eigenvalue weighted by Gasteiger charge is 2.12. The lowest BCUT2D eigenvalue weighted by atomic mass is 10.00. The van der Waals surface area contributed by atoms with Gasteiger partial charge < -0.3 is 5.73 Å². The summed E-state index contributed by atoms with van der Waals surface area (Å²) in [5.41, 5.74) is 5.71. The molecule has 0 heterocycles. The molecule has 2 N–H and O–H groups in total. The molecule has 2 nitrogen and oxygen atoms in total. The standard InChI is InChI=1S/C12H15ClFNO/c1-8(7-15)2-5-12(16)10-6-9(14)3-4-11(10)13/h3-4,6,8H,2,5,7,15H2,1H3. The van der Waals surface area contributed by atoms with Crippen LogP contribution >= 0.6 is 11.6 Å². The average molecular weight is 244 g/mol. The molecule has 1 rings (SSSR count). The van der Waals surface area contributed by atoms with Gasteiger partial charge in [0, 0.05) is 12.0 Å². The van der Waals surface area contributed by atoms with Gasteiger partial charge in [-0.25, -0.2) is 4.39 Å². The Balaban J connectivity index is 2.69. The topological polar surface area (TPSA) is 43.1 Å². The summed E-state index contributed by atoms with van der Waals surface area (Å²) >= 11 is 5.83. The van der Waals surface area contributed by atoms with Crippen LogP contribution in [0.1, 0.15) is 30.1 Å². The Bertz CT molecular complexity index is 381. The van der Waals surface area contributed by atoms with Crippen LogP contribution in [0.4, 0.5) is 4.39 Å². The summed E-state index contributed by atoms with van der Waals surface area (Å²) in [6, 6.07) is 3.82. The molecule has 0 aromatic heterocycles. The van der Waals surface area contributed by atoms with Crippen molar-refractivity contribution >= 4 is 17.4 Å². The summed E-state index contributed by atoms with van der Waals surface area (Å²) in [6.45, 7) is 2.52. The minimum atomic E-state index is -0.445. The van der Waals surface area contributed by atoms with Gasteiger partial charge in [-0.15, -0.1) is 0 Å². The molecule has 0 aliphatic rings. The summed E-state index contributed by atoms with van der Waals surface area (Å²) in [5, 5.41) is 0.298. The minimum Gasteiger partial charge on any atom is -0.330 e. The Morgan fingerprint density at radius 3 is 2.88 bits per heavy atom. The number of ketones is 1. The van der Waals surface area contributed by atoms with E-state index in [1.54, 1.807) is 0 Å². The van der Waals surface area contributed by atoms with E-state index in [4.69, 9.17) is 17.3 Å². The summed E-state index contributed by atoms with van der Waals surface area (Å²) in [6.07, 6.45) is 1.05. The maximum atomic E-state index is 12.9. The van der Waals surface area contributed by atoms with Crippen LogP contribution in [-0.2, 0) is 0 Å². The zero-order chi connectivity index (χ0) is 12.1. The lowest BCUT2D eigenvalue weighted by Crippen LogP contribution is -2.12. The Morgan fingerprint density at radius 1 is 1.56 bits per heavy atom. The van der Waals surface area contributed by atoms with E-state index in [-0.39, 0.29) is 17.3 Å². The number of Topliss-reactive ketones (excluding diaryl/α,β-unsaturated/α-hetero) is 1. The van der Waals surface area contributed by atoms with E-state index in [2.05, 4.69) is 0 Å². The SMILES string of the molecule is CC(CN)CCC(=O)c1cc(F)ccc1Cl. The number of hydrogen-bond donors (Lipinski definition) is 1. The molecule has 4 heteroatoms. The molecule has 16 heavy (non-hydrogen) atoms. The van der Waals surface area contributed by atoms with Crippen LogP contribution in [0, 0.1) is 11.7 Å². The molecule has 0 bridgehead atoms. The minimum absolute atomic E-state index is 0.134. The Labute approximate surface area is 99.6 Å². The maximum absolute atomic E-state index is 12.9. The molecule has 88 valence electrons. The van der Waals surface area contributed by atoms with Crippen LogP contribution in [0.25, 0.3) is 0 Å². The molecule has 0 saturated carbocycles. The molecule has 0 spiro atoms. The first-order chi connectivity index (χ1) is 7.54. The van der Waals surface area contributed by atoms with Crippen molar-refractivity contribution in [1.29, 1.82) is 0 Å². The lowest BCUT2D eigenvalue weighted by molar-refractivity contribution is 0.0974. The first kappa shape index (κ1) is 13.1. The van der Waals surface area contributed by atoms with E-state index in [9.17, 15) is 9.18 Å². The summed E-state index contributed by atoms with van der Waals surface area (Å²) < 4.78 is 12.9. The van der Waals surface area contributed by atoms with Crippen LogP contribution in [-0.4, -0.2) is 12.3 Å². The molecular weight excluding hydrogens is 229 g/mol. The van der Waals surface area contributed by atoms with Crippen molar-refractivity contribution in [1.82, 2.24) is 0 Å². The largest absolute Gasteiger partial charge is 0.330 e. The molecule has 1 unspecified atom stereocenters. The fourth-order valence-electron chi connectivity index (χ4n) is 1.34. The van der Waals surface area contributed by atoms with Gasteiger partial charge in [0.1, 0.15) is 5.82 Å². The third-order valence-electron chi connectivity index (χ3n) is 2.50. The molecule has 0 amide bonds. The fraction of sp³-hybridized carbons (Fsp3) is 0.417. The highest BCUT2D eigenvalue weighted by molar-refractivity contribution is 6.33. The van der Waals surface area contributed by atoms with E-state index in [0.29, 0.717) is 24.4 Å². The molecule has 0 aliphatic carbocycles. The van der Waals surface area contributed by atoms with Crippen molar-refractivity contribution in [3.8, 4) is 0 Å². The van der Waals surface area contributed by atoms with Crippen LogP contribution in [0.15, 0.2) is 18.2 Å². The second-order valence-electron chi connectivity index (χ2n) is 3.93. The maximum Gasteiger partial charge on any atom is 0.164 e. The summed E-state index contributed by atoms with van der Waals surface area (Å²) in [5.74, 6) is -0.291. The smallest absolute Gasteiger partial charge is 0.164 e. The number of rotatable bonds is 5. The molecule has 1 aromatic carbocycles. The third-order valence-corrected chi connectivity index (χ3v) is 2.82. The van der Waals surface area contributed by atoms with E-state index in [1.807, 2.05) is 6.92 Å². The summed E-state index contributed by atoms with van der Waals surface area (Å²) in [4.78, 5) is 11.7. The quantitative estimate of drug-likeness (QED) is 0.808. The molecular formula is C12H15ClFNO. The zero-order valence-electron chi connectivity index (χ0n) is 9.17. The third kappa shape index (κ3) is 3.58. The van der Waals surface area contributed by atoms with E-state index < -0.39 is 5.82 Å². The van der Waals surface area contributed by atoms with Crippen LogP contribution in [0.3, 0.4) is 0 Å². The van der Waals surface area contributed by atoms with Crippen LogP contribution in [0.5, 0.6) is 0 Å². The first-order valence-electron chi connectivity index (χ1n) is 5.23. The monoisotopic (exact) mass is 243 g/mol. The normalized spacial score (nSPS) is 12.5. The number of carbonyl (C=O) groups excluding carboxylic acids is 1. The van der Waals surface area contributed by atoms with Crippen LogP contribution in [0.2, 0.25) is 5.02 Å². The predicted molar refractivity (Wildman–Crippen MR) is 63.2 cm³/mol. The highest BCUT2D eigenvalue weighted by Crippen LogP contribution is 2.20. The number of hydrogen-bond acceptors (Lipinski definition) is 2. The van der Waals surface area contributed by atoms with Gasteiger partial charge in [-0.3, -0.25) is 4.79 Å². The van der Waals surface area contributed by atoms with Gasteiger partial charge in [-0.2, -0.15) is 0 Å². The van der Waals surface area contributed by atoms with Crippen molar-refractivity contribution < 1.29 is 9.18 Å².